The molecule has 94 valence electrons. The summed E-state index contributed by atoms with van der Waals surface area (Å²) < 4.78 is 0. The fourth-order valence-corrected chi connectivity index (χ4v) is 2.10. The Morgan fingerprint density at radius 2 is 2.33 bits per heavy atom. The van der Waals surface area contributed by atoms with Crippen LogP contribution in [0.5, 0.6) is 0 Å². The zero-order chi connectivity index (χ0) is 13.2. The summed E-state index contributed by atoms with van der Waals surface area (Å²) in [5.41, 5.74) is 0.465. The van der Waals surface area contributed by atoms with Crippen LogP contribution in [0.1, 0.15) is 12.5 Å². The summed E-state index contributed by atoms with van der Waals surface area (Å²) in [5, 5.41) is 21.0. The summed E-state index contributed by atoms with van der Waals surface area (Å²) in [6, 6.07) is 8.80. The van der Waals surface area contributed by atoms with E-state index in [0.717, 1.165) is 0 Å². The molecule has 0 spiro atoms. The Balaban J connectivity index is 1.86. The standard InChI is InChI=1S/C13H15N3O2/c1-13(18)8-16(9-13)7-12(17)15-11-4-2-3-10(5-11)6-14/h2-5,18H,7-9H2,1H3,(H,15,17). The Morgan fingerprint density at radius 1 is 1.61 bits per heavy atom. The molecule has 2 rings (SSSR count). The highest BCUT2D eigenvalue weighted by Crippen LogP contribution is 2.19. The second-order valence-corrected chi connectivity index (χ2v) is 4.88. The van der Waals surface area contributed by atoms with E-state index in [1.807, 2.05) is 11.0 Å². The lowest BCUT2D eigenvalue weighted by Crippen LogP contribution is -2.61. The Bertz CT molecular complexity index is 497. The van der Waals surface area contributed by atoms with Crippen molar-refractivity contribution in [1.29, 1.82) is 5.26 Å². The number of benzene rings is 1. The molecule has 0 radical (unpaired) electrons. The average molecular weight is 245 g/mol. The van der Waals surface area contributed by atoms with Gasteiger partial charge in [-0.3, -0.25) is 9.69 Å². The molecule has 0 bridgehead atoms. The van der Waals surface area contributed by atoms with Crippen LogP contribution >= 0.6 is 0 Å². The summed E-state index contributed by atoms with van der Waals surface area (Å²) in [4.78, 5) is 13.6. The first kappa shape index (κ1) is 12.6. The van der Waals surface area contributed by atoms with E-state index in [1.54, 1.807) is 31.2 Å². The molecule has 0 aliphatic carbocycles. The molecule has 1 amide bonds. The second-order valence-electron chi connectivity index (χ2n) is 4.88. The SMILES string of the molecule is CC1(O)CN(CC(=O)Nc2cccc(C#N)c2)C1. The van der Waals surface area contributed by atoms with Gasteiger partial charge in [0, 0.05) is 18.8 Å². The lowest BCUT2D eigenvalue weighted by atomic mass is 9.97. The molecule has 0 atom stereocenters. The van der Waals surface area contributed by atoms with Crippen molar-refractivity contribution in [2.24, 2.45) is 0 Å². The Kier molecular flexibility index (Phi) is 3.32. The number of amides is 1. The number of anilines is 1. The molecule has 5 nitrogen and oxygen atoms in total. The third-order valence-electron chi connectivity index (χ3n) is 2.77. The number of rotatable bonds is 3. The van der Waals surface area contributed by atoms with Crippen LogP contribution in [0, 0.1) is 11.3 Å². The molecular weight excluding hydrogens is 230 g/mol. The maximum absolute atomic E-state index is 11.7. The number of nitrogens with zero attached hydrogens (tertiary/aromatic N) is 2. The van der Waals surface area contributed by atoms with Crippen LogP contribution in [-0.2, 0) is 4.79 Å². The molecule has 0 saturated carbocycles. The number of hydrogen-bond acceptors (Lipinski definition) is 4. The van der Waals surface area contributed by atoms with Crippen LogP contribution in [0.4, 0.5) is 5.69 Å². The maximum atomic E-state index is 11.7. The highest BCUT2D eigenvalue weighted by Gasteiger charge is 2.37. The van der Waals surface area contributed by atoms with E-state index < -0.39 is 5.60 Å². The van der Waals surface area contributed by atoms with E-state index in [-0.39, 0.29) is 12.5 Å². The van der Waals surface area contributed by atoms with Crippen LogP contribution in [0.25, 0.3) is 0 Å². The van der Waals surface area contributed by atoms with Gasteiger partial charge in [-0.25, -0.2) is 0 Å². The van der Waals surface area contributed by atoms with Gasteiger partial charge >= 0.3 is 0 Å². The van der Waals surface area contributed by atoms with Crippen molar-refractivity contribution in [2.45, 2.75) is 12.5 Å². The molecule has 1 aromatic carbocycles. The molecule has 18 heavy (non-hydrogen) atoms. The predicted molar refractivity (Wildman–Crippen MR) is 66.9 cm³/mol. The fourth-order valence-electron chi connectivity index (χ4n) is 2.10. The van der Waals surface area contributed by atoms with Gasteiger partial charge in [-0.15, -0.1) is 0 Å². The molecule has 0 unspecified atom stereocenters. The lowest BCUT2D eigenvalue weighted by Gasteiger charge is -2.43. The van der Waals surface area contributed by atoms with Gasteiger partial charge in [-0.05, 0) is 25.1 Å². The van der Waals surface area contributed by atoms with Gasteiger partial charge in [-0.1, -0.05) is 6.07 Å². The lowest BCUT2D eigenvalue weighted by molar-refractivity contribution is -0.125. The highest BCUT2D eigenvalue weighted by molar-refractivity contribution is 5.92. The van der Waals surface area contributed by atoms with Crippen molar-refractivity contribution in [1.82, 2.24) is 4.90 Å². The number of carbonyl (C=O) groups excluding carboxylic acids is 1. The highest BCUT2D eigenvalue weighted by atomic mass is 16.3. The van der Waals surface area contributed by atoms with E-state index in [4.69, 9.17) is 5.26 Å². The number of carbonyl (C=O) groups is 1. The van der Waals surface area contributed by atoms with Crippen LogP contribution in [0.15, 0.2) is 24.3 Å². The molecule has 1 heterocycles. The van der Waals surface area contributed by atoms with Gasteiger partial charge in [-0.2, -0.15) is 5.26 Å². The summed E-state index contributed by atoms with van der Waals surface area (Å²) in [5.74, 6) is -0.138. The number of nitriles is 1. The smallest absolute Gasteiger partial charge is 0.238 e. The van der Waals surface area contributed by atoms with Crippen molar-refractivity contribution < 1.29 is 9.90 Å². The molecule has 0 aromatic heterocycles. The molecule has 2 N–H and O–H groups in total. The first-order valence-corrected chi connectivity index (χ1v) is 5.73. The minimum absolute atomic E-state index is 0.138. The zero-order valence-electron chi connectivity index (χ0n) is 10.2. The second kappa shape index (κ2) is 4.77. The molecule has 1 aliphatic heterocycles. The van der Waals surface area contributed by atoms with E-state index in [1.165, 1.54) is 0 Å². The topological polar surface area (TPSA) is 76.4 Å². The quantitative estimate of drug-likeness (QED) is 0.816. The molecule has 5 heteroatoms. The Morgan fingerprint density at radius 3 is 2.94 bits per heavy atom. The first-order valence-electron chi connectivity index (χ1n) is 5.73. The largest absolute Gasteiger partial charge is 0.388 e. The molecule has 1 saturated heterocycles. The number of β-amino-alcohol motifs (C(OH)–C–C–N with tert-alkyl or cyclic N) is 1. The van der Waals surface area contributed by atoms with Crippen molar-refractivity contribution in [3.05, 3.63) is 29.8 Å². The monoisotopic (exact) mass is 245 g/mol. The summed E-state index contributed by atoms with van der Waals surface area (Å²) in [6.07, 6.45) is 0. The first-order chi connectivity index (χ1) is 8.48. The van der Waals surface area contributed by atoms with Crippen LogP contribution in [0.2, 0.25) is 0 Å². The third-order valence-corrected chi connectivity index (χ3v) is 2.77. The van der Waals surface area contributed by atoms with Crippen molar-refractivity contribution >= 4 is 11.6 Å². The van der Waals surface area contributed by atoms with Crippen molar-refractivity contribution in [3.8, 4) is 6.07 Å². The molecule has 1 aromatic rings. The molecule has 1 fully saturated rings. The van der Waals surface area contributed by atoms with Gasteiger partial charge in [0.25, 0.3) is 0 Å². The maximum Gasteiger partial charge on any atom is 0.238 e. The Hall–Kier alpha value is -1.90. The van der Waals surface area contributed by atoms with Gasteiger partial charge in [0.2, 0.25) is 5.91 Å². The average Bonchev–Trinajstić information content (AvgIpc) is 2.26. The zero-order valence-corrected chi connectivity index (χ0v) is 10.2. The van der Waals surface area contributed by atoms with Crippen molar-refractivity contribution in [3.63, 3.8) is 0 Å². The molecular formula is C13H15N3O2. The summed E-state index contributed by atoms with van der Waals surface area (Å²) in [7, 11) is 0. The van der Waals surface area contributed by atoms with Crippen molar-refractivity contribution in [2.75, 3.05) is 25.0 Å². The normalized spacial score (nSPS) is 17.6. The van der Waals surface area contributed by atoms with E-state index >= 15 is 0 Å². The predicted octanol–water partition coefficient (Wildman–Crippen LogP) is 0.563. The third kappa shape index (κ3) is 3.06. The number of nitrogens with one attached hydrogen (secondary N) is 1. The summed E-state index contributed by atoms with van der Waals surface area (Å²) >= 11 is 0. The number of aliphatic hydroxyl groups is 1. The minimum atomic E-state index is -0.666. The number of likely N-dealkylation sites (tertiary alicyclic amines) is 1. The summed E-state index contributed by atoms with van der Waals surface area (Å²) in [6.45, 7) is 3.03. The van der Waals surface area contributed by atoms with Crippen LogP contribution < -0.4 is 5.32 Å². The van der Waals surface area contributed by atoms with Gasteiger partial charge in [0.1, 0.15) is 0 Å². The number of hydrogen-bond donors (Lipinski definition) is 2. The van der Waals surface area contributed by atoms with Crippen LogP contribution in [-0.4, -0.2) is 41.1 Å². The van der Waals surface area contributed by atoms with Gasteiger partial charge in [0.05, 0.1) is 23.8 Å². The minimum Gasteiger partial charge on any atom is -0.388 e. The fraction of sp³-hybridized carbons (Fsp3) is 0.385. The van der Waals surface area contributed by atoms with E-state index in [9.17, 15) is 9.90 Å². The molecule has 1 aliphatic rings. The van der Waals surface area contributed by atoms with E-state index in [2.05, 4.69) is 5.32 Å². The van der Waals surface area contributed by atoms with Gasteiger partial charge < -0.3 is 10.4 Å². The Labute approximate surface area is 106 Å². The van der Waals surface area contributed by atoms with E-state index in [0.29, 0.717) is 24.3 Å². The van der Waals surface area contributed by atoms with Crippen LogP contribution in [0.3, 0.4) is 0 Å². The van der Waals surface area contributed by atoms with Gasteiger partial charge in [0.15, 0.2) is 0 Å².